The van der Waals surface area contributed by atoms with Crippen molar-refractivity contribution in [2.45, 2.75) is 11.9 Å². The lowest BCUT2D eigenvalue weighted by molar-refractivity contribution is -0.177. The summed E-state index contributed by atoms with van der Waals surface area (Å²) in [7, 11) is 1.63. The van der Waals surface area contributed by atoms with E-state index in [0.29, 0.717) is 24.0 Å². The molecule has 0 bridgehead atoms. The van der Waals surface area contributed by atoms with Gasteiger partial charge in [-0.05, 0) is 29.8 Å². The smallest absolute Gasteiger partial charge is 0.249 e. The number of hydrogen-bond acceptors (Lipinski definition) is 4. The maximum atomic E-state index is 6.55. The van der Waals surface area contributed by atoms with E-state index in [0.717, 1.165) is 16.9 Å². The van der Waals surface area contributed by atoms with Gasteiger partial charge in [0.25, 0.3) is 0 Å². The largest absolute Gasteiger partial charge is 0.497 e. The maximum Gasteiger partial charge on any atom is 0.249 e. The van der Waals surface area contributed by atoms with Crippen LogP contribution in [0, 0.1) is 0 Å². The summed E-state index contributed by atoms with van der Waals surface area (Å²) in [6.07, 6.45) is -0.414. The number of halogens is 1. The van der Waals surface area contributed by atoms with E-state index in [9.17, 15) is 0 Å². The van der Waals surface area contributed by atoms with Crippen molar-refractivity contribution >= 4 is 17.2 Å². The summed E-state index contributed by atoms with van der Waals surface area (Å²) in [6, 6.07) is 17.3. The molecule has 0 amide bonds. The van der Waals surface area contributed by atoms with E-state index < -0.39 is 11.9 Å². The Labute approximate surface area is 145 Å². The third-order valence-corrected chi connectivity index (χ3v) is 4.73. The van der Waals surface area contributed by atoms with Crippen LogP contribution >= 0.6 is 11.6 Å². The molecule has 0 saturated carbocycles. The van der Waals surface area contributed by atoms with E-state index in [2.05, 4.69) is 0 Å². The van der Waals surface area contributed by atoms with Gasteiger partial charge in [0.05, 0.1) is 25.4 Å². The van der Waals surface area contributed by atoms with E-state index >= 15 is 0 Å². The highest BCUT2D eigenvalue weighted by Gasteiger charge is 2.60. The Bertz CT molecular complexity index is 749. The molecule has 0 aromatic heterocycles. The minimum Gasteiger partial charge on any atom is -0.497 e. The zero-order valence-corrected chi connectivity index (χ0v) is 14.0. The summed E-state index contributed by atoms with van der Waals surface area (Å²) in [5, 5.41) is 0.560. The van der Waals surface area contributed by atoms with Crippen molar-refractivity contribution in [3.63, 3.8) is 0 Å². The molecule has 0 N–H and O–H groups in total. The van der Waals surface area contributed by atoms with Gasteiger partial charge >= 0.3 is 0 Å². The molecule has 1 aliphatic heterocycles. The van der Waals surface area contributed by atoms with Crippen molar-refractivity contribution in [1.29, 1.82) is 0 Å². The van der Waals surface area contributed by atoms with Crippen LogP contribution in [0.4, 0.5) is 0 Å². The van der Waals surface area contributed by atoms with Gasteiger partial charge in [-0.15, -0.1) is 0 Å². The van der Waals surface area contributed by atoms with Gasteiger partial charge in [0, 0.05) is 5.57 Å². The second kappa shape index (κ2) is 6.13. The van der Waals surface area contributed by atoms with Gasteiger partial charge in [-0.3, -0.25) is 0 Å². The summed E-state index contributed by atoms with van der Waals surface area (Å²) in [6.45, 7) is 1.00. The summed E-state index contributed by atoms with van der Waals surface area (Å²) in [5.74, 6) is 0.486. The molecule has 4 nitrogen and oxygen atoms in total. The average molecular weight is 345 g/mol. The fraction of sp³-hybridized carbons (Fsp3) is 0.263. The molecule has 1 heterocycles. The van der Waals surface area contributed by atoms with Gasteiger partial charge in [0.15, 0.2) is 6.10 Å². The first-order valence-electron chi connectivity index (χ1n) is 7.79. The van der Waals surface area contributed by atoms with E-state index in [1.807, 2.05) is 54.6 Å². The maximum absolute atomic E-state index is 6.55. The molecule has 24 heavy (non-hydrogen) atoms. The standard InChI is InChI=1S/C19H17ClO4/c1-21-14-7-9-15(10-8-14)24-18-16(13-5-3-2-4-6-13)17(20)19(18)22-11-12-23-19/h2-10,18H,11-12H2,1H3. The van der Waals surface area contributed by atoms with E-state index in [1.165, 1.54) is 0 Å². The van der Waals surface area contributed by atoms with Crippen LogP contribution in [0.15, 0.2) is 59.6 Å². The molecule has 124 valence electrons. The van der Waals surface area contributed by atoms with Crippen LogP contribution in [0.2, 0.25) is 0 Å². The number of benzene rings is 2. The van der Waals surface area contributed by atoms with Gasteiger partial charge in [-0.1, -0.05) is 41.9 Å². The fourth-order valence-corrected chi connectivity index (χ4v) is 3.48. The molecule has 1 aliphatic carbocycles. The summed E-state index contributed by atoms with van der Waals surface area (Å²) >= 11 is 6.55. The van der Waals surface area contributed by atoms with Crippen molar-refractivity contribution < 1.29 is 18.9 Å². The molecule has 2 aliphatic rings. The summed E-state index contributed by atoms with van der Waals surface area (Å²) < 4.78 is 23.0. The lowest BCUT2D eigenvalue weighted by atomic mass is 9.82. The zero-order valence-electron chi connectivity index (χ0n) is 13.2. The van der Waals surface area contributed by atoms with Crippen molar-refractivity contribution in [2.75, 3.05) is 20.3 Å². The minimum absolute atomic E-state index is 0.414. The van der Waals surface area contributed by atoms with Crippen LogP contribution in [0.25, 0.3) is 5.57 Å². The van der Waals surface area contributed by atoms with Crippen molar-refractivity contribution in [3.05, 3.63) is 65.2 Å². The number of rotatable bonds is 4. The van der Waals surface area contributed by atoms with Gasteiger partial charge in [-0.25, -0.2) is 0 Å². The Morgan fingerprint density at radius 3 is 2.21 bits per heavy atom. The highest BCUT2D eigenvalue weighted by atomic mass is 35.5. The topological polar surface area (TPSA) is 36.9 Å². The molecule has 2 aromatic carbocycles. The molecule has 1 unspecified atom stereocenters. The monoisotopic (exact) mass is 344 g/mol. The first-order chi connectivity index (χ1) is 11.7. The molecular formula is C19H17ClO4. The second-order valence-corrected chi connectivity index (χ2v) is 6.01. The average Bonchev–Trinajstić information content (AvgIpc) is 3.15. The third kappa shape index (κ3) is 2.38. The van der Waals surface area contributed by atoms with Crippen LogP contribution < -0.4 is 9.47 Å². The summed E-state index contributed by atoms with van der Waals surface area (Å²) in [5.41, 5.74) is 1.90. The summed E-state index contributed by atoms with van der Waals surface area (Å²) in [4.78, 5) is 0. The SMILES string of the molecule is COc1ccc(OC2C(c3ccccc3)=C(Cl)C23OCCO3)cc1. The number of ether oxygens (including phenoxy) is 4. The molecule has 1 spiro atoms. The van der Waals surface area contributed by atoms with Crippen molar-refractivity contribution in [3.8, 4) is 11.5 Å². The van der Waals surface area contributed by atoms with Crippen molar-refractivity contribution in [1.82, 2.24) is 0 Å². The van der Waals surface area contributed by atoms with Crippen LogP contribution in [-0.4, -0.2) is 32.2 Å². The molecule has 0 radical (unpaired) electrons. The first kappa shape index (κ1) is 15.5. The molecular weight excluding hydrogens is 328 g/mol. The second-order valence-electron chi connectivity index (χ2n) is 5.63. The predicted octanol–water partition coefficient (Wildman–Crippen LogP) is 3.85. The highest BCUT2D eigenvalue weighted by Crippen LogP contribution is 2.53. The lowest BCUT2D eigenvalue weighted by Crippen LogP contribution is -2.56. The van der Waals surface area contributed by atoms with Gasteiger partial charge in [0.2, 0.25) is 5.79 Å². The van der Waals surface area contributed by atoms with Crippen LogP contribution in [-0.2, 0) is 9.47 Å². The van der Waals surface area contributed by atoms with Crippen LogP contribution in [0.5, 0.6) is 11.5 Å². The normalized spacial score (nSPS) is 21.7. The Balaban J connectivity index is 1.68. The Kier molecular flexibility index (Phi) is 3.96. The van der Waals surface area contributed by atoms with Crippen molar-refractivity contribution in [2.24, 2.45) is 0 Å². The fourth-order valence-electron chi connectivity index (χ4n) is 3.06. The molecule has 2 aromatic rings. The number of methoxy groups -OCH3 is 1. The van der Waals surface area contributed by atoms with Crippen LogP contribution in [0.3, 0.4) is 0 Å². The highest BCUT2D eigenvalue weighted by molar-refractivity contribution is 6.36. The quantitative estimate of drug-likeness (QED) is 0.844. The molecule has 5 heteroatoms. The van der Waals surface area contributed by atoms with Gasteiger partial charge in [0.1, 0.15) is 11.5 Å². The Morgan fingerprint density at radius 1 is 0.958 bits per heavy atom. The zero-order chi connectivity index (χ0) is 16.6. The molecule has 1 atom stereocenters. The van der Waals surface area contributed by atoms with E-state index in [1.54, 1.807) is 7.11 Å². The molecule has 1 fully saturated rings. The van der Waals surface area contributed by atoms with Crippen LogP contribution in [0.1, 0.15) is 5.56 Å². The predicted molar refractivity (Wildman–Crippen MR) is 91.3 cm³/mol. The minimum atomic E-state index is -0.993. The Morgan fingerprint density at radius 2 is 1.58 bits per heavy atom. The molecule has 1 saturated heterocycles. The first-order valence-corrected chi connectivity index (χ1v) is 8.16. The number of hydrogen-bond donors (Lipinski definition) is 0. The lowest BCUT2D eigenvalue weighted by Gasteiger charge is -2.45. The van der Waals surface area contributed by atoms with Gasteiger partial charge < -0.3 is 18.9 Å². The van der Waals surface area contributed by atoms with E-state index in [4.69, 9.17) is 30.5 Å². The Hall–Kier alpha value is -2.01. The van der Waals surface area contributed by atoms with E-state index in [-0.39, 0.29) is 0 Å². The third-order valence-electron chi connectivity index (χ3n) is 4.26. The van der Waals surface area contributed by atoms with Gasteiger partial charge in [-0.2, -0.15) is 0 Å². The molecule has 4 rings (SSSR count).